The van der Waals surface area contributed by atoms with Gasteiger partial charge in [0.05, 0.1) is 0 Å². The maximum atomic E-state index is 5.78. The summed E-state index contributed by atoms with van der Waals surface area (Å²) >= 11 is 2.61. The zero-order valence-corrected chi connectivity index (χ0v) is 14.9. The van der Waals surface area contributed by atoms with Crippen LogP contribution in [0.25, 0.3) is 0 Å². The predicted octanol–water partition coefficient (Wildman–Crippen LogP) is 5.02. The van der Waals surface area contributed by atoms with Gasteiger partial charge in [-0.15, -0.1) is 0 Å². The number of nitrogens with two attached hydrogens (primary N) is 1. The maximum Gasteiger partial charge on any atom is 0.00318 e. The largest absolute Gasteiger partial charge is 0.330 e. The maximum absolute atomic E-state index is 5.78. The first-order valence-electron chi connectivity index (χ1n) is 7.81. The summed E-state index contributed by atoms with van der Waals surface area (Å²) in [5.74, 6) is 1.80. The number of halogens is 1. The zero-order valence-electron chi connectivity index (χ0n) is 12.8. The van der Waals surface area contributed by atoms with Crippen LogP contribution in [-0.2, 0) is 0 Å². The molecule has 0 heterocycles. The van der Waals surface area contributed by atoms with E-state index in [1.807, 2.05) is 0 Å². The SMILES string of the molecule is CCCC(C)(CC)C1(CC)CC(CCN)C1CI. The Morgan fingerprint density at radius 1 is 1.33 bits per heavy atom. The van der Waals surface area contributed by atoms with Crippen LogP contribution in [0.1, 0.15) is 66.2 Å². The Balaban J connectivity index is 2.92. The normalized spacial score (nSPS) is 35.0. The van der Waals surface area contributed by atoms with Gasteiger partial charge in [0.15, 0.2) is 0 Å². The van der Waals surface area contributed by atoms with Crippen LogP contribution in [0.3, 0.4) is 0 Å². The van der Waals surface area contributed by atoms with Crippen LogP contribution in [0.15, 0.2) is 0 Å². The van der Waals surface area contributed by atoms with Crippen LogP contribution in [0.5, 0.6) is 0 Å². The minimum Gasteiger partial charge on any atom is -0.330 e. The van der Waals surface area contributed by atoms with Crippen molar-refractivity contribution in [2.75, 3.05) is 11.0 Å². The van der Waals surface area contributed by atoms with Crippen molar-refractivity contribution in [1.82, 2.24) is 0 Å². The quantitative estimate of drug-likeness (QED) is 0.474. The summed E-state index contributed by atoms with van der Waals surface area (Å²) in [5, 5.41) is 0. The Labute approximate surface area is 128 Å². The van der Waals surface area contributed by atoms with E-state index < -0.39 is 0 Å². The van der Waals surface area contributed by atoms with Crippen LogP contribution in [0, 0.1) is 22.7 Å². The molecule has 0 radical (unpaired) electrons. The fourth-order valence-electron chi connectivity index (χ4n) is 4.70. The molecule has 0 aliphatic heterocycles. The molecule has 1 aliphatic carbocycles. The van der Waals surface area contributed by atoms with Crippen molar-refractivity contribution in [1.29, 1.82) is 0 Å². The summed E-state index contributed by atoms with van der Waals surface area (Å²) in [5.41, 5.74) is 6.92. The monoisotopic (exact) mass is 365 g/mol. The number of hydrogen-bond acceptors (Lipinski definition) is 1. The first-order valence-corrected chi connectivity index (χ1v) is 9.33. The average Bonchev–Trinajstić information content (AvgIpc) is 2.34. The molecule has 0 saturated heterocycles. The van der Waals surface area contributed by atoms with E-state index in [1.165, 1.54) is 43.0 Å². The lowest BCUT2D eigenvalue weighted by atomic mass is 9.41. The third-order valence-corrected chi connectivity index (χ3v) is 6.97. The molecule has 4 unspecified atom stereocenters. The van der Waals surface area contributed by atoms with Crippen LogP contribution in [-0.4, -0.2) is 11.0 Å². The van der Waals surface area contributed by atoms with Crippen molar-refractivity contribution in [3.63, 3.8) is 0 Å². The molecule has 1 aliphatic rings. The van der Waals surface area contributed by atoms with Crippen molar-refractivity contribution in [3.8, 4) is 0 Å². The van der Waals surface area contributed by atoms with E-state index in [2.05, 4.69) is 50.3 Å². The Morgan fingerprint density at radius 3 is 2.39 bits per heavy atom. The Morgan fingerprint density at radius 2 is 2.00 bits per heavy atom. The molecule has 0 amide bonds. The highest BCUT2D eigenvalue weighted by Gasteiger charge is 2.59. The highest BCUT2D eigenvalue weighted by Crippen LogP contribution is 2.66. The molecule has 2 N–H and O–H groups in total. The lowest BCUT2D eigenvalue weighted by molar-refractivity contribution is -0.138. The van der Waals surface area contributed by atoms with Gasteiger partial charge < -0.3 is 5.73 Å². The Kier molecular flexibility index (Phi) is 6.43. The van der Waals surface area contributed by atoms with Gasteiger partial charge in [-0.05, 0) is 54.9 Å². The predicted molar refractivity (Wildman–Crippen MR) is 90.2 cm³/mol. The van der Waals surface area contributed by atoms with Gasteiger partial charge >= 0.3 is 0 Å². The number of alkyl halides is 1. The lowest BCUT2D eigenvalue weighted by Crippen LogP contribution is -2.57. The van der Waals surface area contributed by atoms with E-state index in [1.54, 1.807) is 0 Å². The fraction of sp³-hybridized carbons (Fsp3) is 1.00. The number of rotatable bonds is 8. The van der Waals surface area contributed by atoms with E-state index >= 15 is 0 Å². The highest BCUT2D eigenvalue weighted by atomic mass is 127. The van der Waals surface area contributed by atoms with E-state index in [0.29, 0.717) is 10.8 Å². The summed E-state index contributed by atoms with van der Waals surface area (Å²) in [7, 11) is 0. The molecule has 0 aromatic carbocycles. The number of hydrogen-bond donors (Lipinski definition) is 1. The molecule has 18 heavy (non-hydrogen) atoms. The van der Waals surface area contributed by atoms with Crippen LogP contribution in [0.2, 0.25) is 0 Å². The molecule has 108 valence electrons. The topological polar surface area (TPSA) is 26.0 Å². The first-order chi connectivity index (χ1) is 8.55. The second-order valence-electron chi connectivity index (χ2n) is 6.48. The summed E-state index contributed by atoms with van der Waals surface area (Å²) in [6, 6.07) is 0. The smallest absolute Gasteiger partial charge is 0.00318 e. The second kappa shape index (κ2) is 6.92. The molecule has 1 fully saturated rings. The molecule has 1 saturated carbocycles. The fourth-order valence-corrected chi connectivity index (χ4v) is 6.26. The van der Waals surface area contributed by atoms with Gasteiger partial charge in [-0.1, -0.05) is 63.1 Å². The molecule has 1 nitrogen and oxygen atoms in total. The van der Waals surface area contributed by atoms with Gasteiger partial charge in [0.1, 0.15) is 0 Å². The first kappa shape index (κ1) is 16.7. The summed E-state index contributed by atoms with van der Waals surface area (Å²) in [6.45, 7) is 10.6. The molecule has 4 atom stereocenters. The lowest BCUT2D eigenvalue weighted by Gasteiger charge is -2.64. The van der Waals surface area contributed by atoms with Gasteiger partial charge in [0.2, 0.25) is 0 Å². The Hall–Kier alpha value is 0.690. The van der Waals surface area contributed by atoms with Gasteiger partial charge in [-0.25, -0.2) is 0 Å². The minimum absolute atomic E-state index is 0.539. The summed E-state index contributed by atoms with van der Waals surface area (Å²) in [6.07, 6.45) is 8.06. The van der Waals surface area contributed by atoms with E-state index in [-0.39, 0.29) is 0 Å². The van der Waals surface area contributed by atoms with E-state index in [9.17, 15) is 0 Å². The van der Waals surface area contributed by atoms with Gasteiger partial charge in [-0.3, -0.25) is 0 Å². The van der Waals surface area contributed by atoms with Crippen molar-refractivity contribution >= 4 is 22.6 Å². The van der Waals surface area contributed by atoms with Crippen LogP contribution >= 0.6 is 22.6 Å². The van der Waals surface area contributed by atoms with Crippen molar-refractivity contribution in [3.05, 3.63) is 0 Å². The molecule has 1 rings (SSSR count). The molecule has 0 aromatic rings. The van der Waals surface area contributed by atoms with Crippen molar-refractivity contribution < 1.29 is 0 Å². The molecular weight excluding hydrogens is 333 g/mol. The van der Waals surface area contributed by atoms with Gasteiger partial charge in [0, 0.05) is 4.43 Å². The minimum atomic E-state index is 0.539. The van der Waals surface area contributed by atoms with Crippen LogP contribution in [0.4, 0.5) is 0 Å². The van der Waals surface area contributed by atoms with Crippen molar-refractivity contribution in [2.45, 2.75) is 66.2 Å². The van der Waals surface area contributed by atoms with Gasteiger partial charge in [0.25, 0.3) is 0 Å². The zero-order chi connectivity index (χ0) is 13.8. The standard InChI is InChI=1S/C16H32IN/c1-5-9-15(4,6-2)16(7-3)11-13(8-10-18)14(16)12-17/h13-14H,5-12,18H2,1-4H3. The molecule has 0 bridgehead atoms. The second-order valence-corrected chi connectivity index (χ2v) is 7.36. The summed E-state index contributed by atoms with van der Waals surface area (Å²) in [4.78, 5) is 0. The third-order valence-electron chi connectivity index (χ3n) is 6.02. The molecule has 0 spiro atoms. The average molecular weight is 365 g/mol. The van der Waals surface area contributed by atoms with E-state index in [0.717, 1.165) is 18.4 Å². The van der Waals surface area contributed by atoms with Crippen molar-refractivity contribution in [2.24, 2.45) is 28.4 Å². The third kappa shape index (κ3) is 2.61. The molecule has 0 aromatic heterocycles. The molecule has 2 heteroatoms. The van der Waals surface area contributed by atoms with E-state index in [4.69, 9.17) is 5.73 Å². The molecular formula is C16H32IN. The highest BCUT2D eigenvalue weighted by molar-refractivity contribution is 14.1. The summed E-state index contributed by atoms with van der Waals surface area (Å²) < 4.78 is 1.32. The van der Waals surface area contributed by atoms with Crippen LogP contribution < -0.4 is 5.73 Å². The van der Waals surface area contributed by atoms with Gasteiger partial charge in [-0.2, -0.15) is 0 Å². The Bertz CT molecular complexity index is 255.